The van der Waals surface area contributed by atoms with E-state index in [1.807, 2.05) is 0 Å². The summed E-state index contributed by atoms with van der Waals surface area (Å²) in [5.74, 6) is 1.02. The van der Waals surface area contributed by atoms with Crippen molar-refractivity contribution in [1.82, 2.24) is 4.90 Å². The molecule has 2 atom stereocenters. The molecular formula is C11H20N2. The van der Waals surface area contributed by atoms with Crippen molar-refractivity contribution in [2.45, 2.75) is 31.7 Å². The Morgan fingerprint density at radius 2 is 2.15 bits per heavy atom. The van der Waals surface area contributed by atoms with Crippen LogP contribution in [-0.4, -0.2) is 30.6 Å². The molecule has 0 aromatic heterocycles. The largest absolute Gasteiger partial charge is 0.327 e. The SMILES string of the molecule is NC/C=C/CN1CCC2CCCC21. The lowest BCUT2D eigenvalue weighted by molar-refractivity contribution is 0.266. The van der Waals surface area contributed by atoms with E-state index in [1.165, 1.54) is 32.2 Å². The second-order valence-corrected chi connectivity index (χ2v) is 4.25. The van der Waals surface area contributed by atoms with Crippen LogP contribution in [0.2, 0.25) is 0 Å². The Balaban J connectivity index is 1.83. The lowest BCUT2D eigenvalue weighted by Crippen LogP contribution is -2.30. The van der Waals surface area contributed by atoms with Crippen LogP contribution in [0.5, 0.6) is 0 Å². The number of rotatable bonds is 3. The zero-order chi connectivity index (χ0) is 9.10. The first-order valence-corrected chi connectivity index (χ1v) is 5.51. The molecule has 2 heteroatoms. The highest BCUT2D eigenvalue weighted by molar-refractivity contribution is 4.95. The van der Waals surface area contributed by atoms with Crippen molar-refractivity contribution >= 4 is 0 Å². The number of nitrogens with zero attached hydrogens (tertiary/aromatic N) is 1. The lowest BCUT2D eigenvalue weighted by atomic mass is 10.1. The third-order valence-corrected chi connectivity index (χ3v) is 3.52. The van der Waals surface area contributed by atoms with Crippen LogP contribution in [0.3, 0.4) is 0 Å². The summed E-state index contributed by atoms with van der Waals surface area (Å²) in [6.07, 6.45) is 10.1. The van der Waals surface area contributed by atoms with Crippen molar-refractivity contribution in [2.75, 3.05) is 19.6 Å². The molecule has 0 bridgehead atoms. The molecule has 1 saturated carbocycles. The molecule has 1 aliphatic heterocycles. The third-order valence-electron chi connectivity index (χ3n) is 3.52. The van der Waals surface area contributed by atoms with Crippen molar-refractivity contribution in [2.24, 2.45) is 11.7 Å². The lowest BCUT2D eigenvalue weighted by Gasteiger charge is -2.21. The zero-order valence-corrected chi connectivity index (χ0v) is 8.28. The van der Waals surface area contributed by atoms with Crippen LogP contribution >= 0.6 is 0 Å². The van der Waals surface area contributed by atoms with Gasteiger partial charge in [0.05, 0.1) is 0 Å². The predicted octanol–water partition coefficient (Wildman–Crippen LogP) is 1.38. The van der Waals surface area contributed by atoms with Crippen molar-refractivity contribution in [1.29, 1.82) is 0 Å². The zero-order valence-electron chi connectivity index (χ0n) is 8.28. The molecule has 2 unspecified atom stereocenters. The first-order valence-electron chi connectivity index (χ1n) is 5.51. The van der Waals surface area contributed by atoms with Gasteiger partial charge in [-0.25, -0.2) is 0 Å². The number of fused-ring (bicyclic) bond motifs is 1. The van der Waals surface area contributed by atoms with Gasteiger partial charge in [-0.3, -0.25) is 4.90 Å². The molecule has 0 amide bonds. The van der Waals surface area contributed by atoms with E-state index in [1.54, 1.807) is 0 Å². The summed E-state index contributed by atoms with van der Waals surface area (Å²) < 4.78 is 0. The fraction of sp³-hybridized carbons (Fsp3) is 0.818. The van der Waals surface area contributed by atoms with Gasteiger partial charge in [0.25, 0.3) is 0 Å². The number of hydrogen-bond donors (Lipinski definition) is 1. The van der Waals surface area contributed by atoms with Crippen molar-refractivity contribution in [3.8, 4) is 0 Å². The summed E-state index contributed by atoms with van der Waals surface area (Å²) in [5.41, 5.74) is 5.41. The summed E-state index contributed by atoms with van der Waals surface area (Å²) >= 11 is 0. The van der Waals surface area contributed by atoms with Gasteiger partial charge in [0.15, 0.2) is 0 Å². The average molecular weight is 180 g/mol. The second kappa shape index (κ2) is 4.25. The van der Waals surface area contributed by atoms with Gasteiger partial charge in [0.2, 0.25) is 0 Å². The molecule has 2 aliphatic rings. The molecule has 2 nitrogen and oxygen atoms in total. The molecule has 2 fully saturated rings. The van der Waals surface area contributed by atoms with E-state index in [9.17, 15) is 0 Å². The molecule has 74 valence electrons. The van der Waals surface area contributed by atoms with Crippen molar-refractivity contribution < 1.29 is 0 Å². The maximum Gasteiger partial charge on any atom is 0.0166 e. The Labute approximate surface area is 80.8 Å². The van der Waals surface area contributed by atoms with Crippen LogP contribution in [-0.2, 0) is 0 Å². The van der Waals surface area contributed by atoms with E-state index in [-0.39, 0.29) is 0 Å². The number of nitrogens with two attached hydrogens (primary N) is 1. The normalized spacial score (nSPS) is 34.5. The Morgan fingerprint density at radius 3 is 3.00 bits per heavy atom. The predicted molar refractivity (Wildman–Crippen MR) is 55.5 cm³/mol. The molecular weight excluding hydrogens is 160 g/mol. The third kappa shape index (κ3) is 1.94. The van der Waals surface area contributed by atoms with Gasteiger partial charge < -0.3 is 5.73 Å². The van der Waals surface area contributed by atoms with Gasteiger partial charge in [-0.15, -0.1) is 0 Å². The average Bonchev–Trinajstić information content (AvgIpc) is 2.68. The molecule has 1 saturated heterocycles. The van der Waals surface area contributed by atoms with E-state index < -0.39 is 0 Å². The van der Waals surface area contributed by atoms with Crippen molar-refractivity contribution in [3.05, 3.63) is 12.2 Å². The van der Waals surface area contributed by atoms with E-state index in [0.29, 0.717) is 6.54 Å². The second-order valence-electron chi connectivity index (χ2n) is 4.25. The van der Waals surface area contributed by atoms with Gasteiger partial charge >= 0.3 is 0 Å². The molecule has 0 aromatic rings. The van der Waals surface area contributed by atoms with E-state index in [2.05, 4.69) is 17.1 Å². The Bertz CT molecular complexity index is 189. The Kier molecular flexibility index (Phi) is 3.01. The monoisotopic (exact) mass is 180 g/mol. The van der Waals surface area contributed by atoms with E-state index >= 15 is 0 Å². The maximum absolute atomic E-state index is 5.41. The Hall–Kier alpha value is -0.340. The van der Waals surface area contributed by atoms with Crippen LogP contribution in [0.4, 0.5) is 0 Å². The van der Waals surface area contributed by atoms with E-state index in [0.717, 1.165) is 18.5 Å². The summed E-state index contributed by atoms with van der Waals surface area (Å²) in [5, 5.41) is 0. The quantitative estimate of drug-likeness (QED) is 0.665. The maximum atomic E-state index is 5.41. The number of likely N-dealkylation sites (tertiary alicyclic amines) is 1. The molecule has 2 rings (SSSR count). The van der Waals surface area contributed by atoms with Crippen LogP contribution in [0, 0.1) is 5.92 Å². The summed E-state index contributed by atoms with van der Waals surface area (Å²) in [6.45, 7) is 3.12. The number of hydrogen-bond acceptors (Lipinski definition) is 2. The highest BCUT2D eigenvalue weighted by Crippen LogP contribution is 2.37. The smallest absolute Gasteiger partial charge is 0.0166 e. The van der Waals surface area contributed by atoms with Crippen LogP contribution in [0.25, 0.3) is 0 Å². The fourth-order valence-corrected chi connectivity index (χ4v) is 2.87. The first-order chi connectivity index (χ1) is 6.42. The van der Waals surface area contributed by atoms with Gasteiger partial charge in [-0.05, 0) is 31.7 Å². The minimum absolute atomic E-state index is 0.682. The first kappa shape index (κ1) is 9.22. The highest BCUT2D eigenvalue weighted by Gasteiger charge is 2.36. The standard InChI is InChI=1S/C11H20N2/c12-7-1-2-8-13-9-6-10-4-3-5-11(10)13/h1-2,10-11H,3-9,12H2/b2-1+. The molecule has 1 aliphatic carbocycles. The minimum Gasteiger partial charge on any atom is -0.327 e. The minimum atomic E-state index is 0.682. The van der Waals surface area contributed by atoms with Gasteiger partial charge in [-0.1, -0.05) is 18.6 Å². The van der Waals surface area contributed by atoms with E-state index in [4.69, 9.17) is 5.73 Å². The van der Waals surface area contributed by atoms with Crippen LogP contribution < -0.4 is 5.73 Å². The molecule has 0 spiro atoms. The molecule has 1 heterocycles. The van der Waals surface area contributed by atoms with Gasteiger partial charge in [0.1, 0.15) is 0 Å². The molecule has 13 heavy (non-hydrogen) atoms. The van der Waals surface area contributed by atoms with Crippen molar-refractivity contribution in [3.63, 3.8) is 0 Å². The van der Waals surface area contributed by atoms with Crippen LogP contribution in [0.1, 0.15) is 25.7 Å². The molecule has 0 radical (unpaired) electrons. The fourth-order valence-electron chi connectivity index (χ4n) is 2.87. The Morgan fingerprint density at radius 1 is 1.23 bits per heavy atom. The topological polar surface area (TPSA) is 29.3 Å². The van der Waals surface area contributed by atoms with Gasteiger partial charge in [0, 0.05) is 19.1 Å². The summed E-state index contributed by atoms with van der Waals surface area (Å²) in [6, 6.07) is 0.905. The highest BCUT2D eigenvalue weighted by atomic mass is 15.2. The summed E-state index contributed by atoms with van der Waals surface area (Å²) in [4.78, 5) is 2.63. The van der Waals surface area contributed by atoms with Gasteiger partial charge in [-0.2, -0.15) is 0 Å². The van der Waals surface area contributed by atoms with Crippen LogP contribution in [0.15, 0.2) is 12.2 Å². The summed E-state index contributed by atoms with van der Waals surface area (Å²) in [7, 11) is 0. The molecule has 2 N–H and O–H groups in total. The molecule has 0 aromatic carbocycles.